The van der Waals surface area contributed by atoms with Gasteiger partial charge in [0.1, 0.15) is 12.2 Å². The number of carbonyl (C=O) groups is 1. The zero-order chi connectivity index (χ0) is 9.84. The van der Waals surface area contributed by atoms with E-state index in [-0.39, 0.29) is 6.42 Å². The minimum atomic E-state index is -0.909. The van der Waals surface area contributed by atoms with Crippen molar-refractivity contribution in [2.24, 2.45) is 0 Å². The van der Waals surface area contributed by atoms with E-state index in [0.717, 1.165) is 5.57 Å². The molecule has 0 aromatic rings. The topological polar surface area (TPSA) is 77.8 Å². The monoisotopic (exact) mass is 184 g/mol. The molecule has 0 radical (unpaired) electrons. The second-order valence-electron chi connectivity index (χ2n) is 2.98. The van der Waals surface area contributed by atoms with E-state index in [0.29, 0.717) is 6.42 Å². The Balaban J connectivity index is 2.48. The Bertz CT molecular complexity index is 254. The van der Waals surface area contributed by atoms with Crippen LogP contribution in [0, 0.1) is 0 Å². The van der Waals surface area contributed by atoms with Gasteiger partial charge in [-0.05, 0) is 12.0 Å². The van der Waals surface area contributed by atoms with Crippen molar-refractivity contribution in [1.29, 1.82) is 0 Å². The fourth-order valence-electron chi connectivity index (χ4n) is 1.13. The second-order valence-corrected chi connectivity index (χ2v) is 2.98. The molecule has 1 aliphatic rings. The summed E-state index contributed by atoms with van der Waals surface area (Å²) in [6.07, 6.45) is 3.23. The molecule has 0 saturated carbocycles. The highest BCUT2D eigenvalue weighted by atomic mass is 16.4. The number of allylic oxidation sites excluding steroid dienone is 2. The van der Waals surface area contributed by atoms with Gasteiger partial charge in [-0.25, -0.2) is 0 Å². The van der Waals surface area contributed by atoms with Crippen LogP contribution in [0.25, 0.3) is 0 Å². The summed E-state index contributed by atoms with van der Waals surface area (Å²) in [7, 11) is 0. The third-order valence-corrected chi connectivity index (χ3v) is 1.87. The van der Waals surface area contributed by atoms with Crippen molar-refractivity contribution >= 4 is 5.97 Å². The first kappa shape index (κ1) is 9.95. The van der Waals surface area contributed by atoms with Crippen molar-refractivity contribution < 1.29 is 20.1 Å². The second kappa shape index (κ2) is 4.20. The van der Waals surface area contributed by atoms with E-state index >= 15 is 0 Å². The zero-order valence-electron chi connectivity index (χ0n) is 7.05. The highest BCUT2D eigenvalue weighted by molar-refractivity contribution is 5.67. The molecule has 0 bridgehead atoms. The van der Waals surface area contributed by atoms with Crippen LogP contribution in [0.5, 0.6) is 0 Å². The Morgan fingerprint density at radius 3 is 2.62 bits per heavy atom. The summed E-state index contributed by atoms with van der Waals surface area (Å²) in [6, 6.07) is 0. The molecule has 1 rings (SSSR count). The standard InChI is InChI=1S/C9H12O4/c10-7-3-1-6(5-8(7)11)2-4-9(12)13/h1,3,5,7-8,10-11H,2,4H2,(H,12,13). The maximum atomic E-state index is 10.2. The van der Waals surface area contributed by atoms with Crippen molar-refractivity contribution in [1.82, 2.24) is 0 Å². The maximum absolute atomic E-state index is 10.2. The number of aliphatic carboxylic acids is 1. The molecule has 72 valence electrons. The van der Waals surface area contributed by atoms with Crippen LogP contribution in [0.2, 0.25) is 0 Å². The Kier molecular flexibility index (Phi) is 3.22. The van der Waals surface area contributed by atoms with Gasteiger partial charge in [0.15, 0.2) is 0 Å². The molecule has 0 aromatic carbocycles. The van der Waals surface area contributed by atoms with E-state index in [2.05, 4.69) is 0 Å². The molecular weight excluding hydrogens is 172 g/mol. The van der Waals surface area contributed by atoms with Gasteiger partial charge in [0.05, 0.1) is 0 Å². The molecule has 13 heavy (non-hydrogen) atoms. The van der Waals surface area contributed by atoms with Crippen molar-refractivity contribution in [2.45, 2.75) is 25.0 Å². The molecule has 4 nitrogen and oxygen atoms in total. The predicted molar refractivity (Wildman–Crippen MR) is 46.1 cm³/mol. The third kappa shape index (κ3) is 3.01. The molecular formula is C9H12O4. The van der Waals surface area contributed by atoms with Gasteiger partial charge < -0.3 is 15.3 Å². The Morgan fingerprint density at radius 1 is 1.38 bits per heavy atom. The van der Waals surface area contributed by atoms with Gasteiger partial charge in [0.25, 0.3) is 0 Å². The summed E-state index contributed by atoms with van der Waals surface area (Å²) in [5.41, 5.74) is 0.750. The number of aliphatic hydroxyl groups is 2. The average Bonchev–Trinajstić information content (AvgIpc) is 2.07. The minimum absolute atomic E-state index is 0.0407. The normalized spacial score (nSPS) is 27.1. The zero-order valence-corrected chi connectivity index (χ0v) is 7.05. The molecule has 4 heteroatoms. The van der Waals surface area contributed by atoms with E-state index < -0.39 is 18.2 Å². The number of aliphatic hydroxyl groups excluding tert-OH is 2. The molecule has 2 unspecified atom stereocenters. The number of hydrogen-bond acceptors (Lipinski definition) is 3. The van der Waals surface area contributed by atoms with Gasteiger partial charge in [-0.2, -0.15) is 0 Å². The average molecular weight is 184 g/mol. The van der Waals surface area contributed by atoms with Crippen LogP contribution < -0.4 is 0 Å². The van der Waals surface area contributed by atoms with E-state index in [9.17, 15) is 9.90 Å². The lowest BCUT2D eigenvalue weighted by atomic mass is 9.99. The Morgan fingerprint density at radius 2 is 2.08 bits per heavy atom. The van der Waals surface area contributed by atoms with Crippen LogP contribution in [0.1, 0.15) is 12.8 Å². The Hall–Kier alpha value is -1.13. The molecule has 0 aliphatic heterocycles. The highest BCUT2D eigenvalue weighted by Gasteiger charge is 2.15. The van der Waals surface area contributed by atoms with Crippen molar-refractivity contribution in [2.75, 3.05) is 0 Å². The van der Waals surface area contributed by atoms with Gasteiger partial charge in [-0.1, -0.05) is 18.2 Å². The molecule has 0 saturated heterocycles. The minimum Gasteiger partial charge on any atom is -0.481 e. The van der Waals surface area contributed by atoms with Crippen LogP contribution in [0.3, 0.4) is 0 Å². The molecule has 0 spiro atoms. The number of carboxylic acids is 1. The lowest BCUT2D eigenvalue weighted by Crippen LogP contribution is -2.24. The number of carboxylic acid groups (broad SMARTS) is 1. The summed E-state index contributed by atoms with van der Waals surface area (Å²) in [4.78, 5) is 10.2. The summed E-state index contributed by atoms with van der Waals surface area (Å²) >= 11 is 0. The van der Waals surface area contributed by atoms with Crippen LogP contribution in [-0.4, -0.2) is 33.5 Å². The lowest BCUT2D eigenvalue weighted by Gasteiger charge is -2.16. The summed E-state index contributed by atoms with van der Waals surface area (Å²) in [5.74, 6) is -0.866. The van der Waals surface area contributed by atoms with Gasteiger partial charge in [-0.15, -0.1) is 0 Å². The molecule has 0 fully saturated rings. The fraction of sp³-hybridized carbons (Fsp3) is 0.444. The van der Waals surface area contributed by atoms with Gasteiger partial charge in [-0.3, -0.25) is 4.79 Å². The summed E-state index contributed by atoms with van der Waals surface area (Å²) in [6.45, 7) is 0. The SMILES string of the molecule is O=C(O)CCC1=CC(O)C(O)C=C1. The molecule has 0 amide bonds. The number of hydrogen-bond donors (Lipinski definition) is 3. The lowest BCUT2D eigenvalue weighted by molar-refractivity contribution is -0.136. The van der Waals surface area contributed by atoms with E-state index in [1.807, 2.05) is 0 Å². The predicted octanol–water partition coefficient (Wildman–Crippen LogP) is 0.0692. The molecule has 0 heterocycles. The van der Waals surface area contributed by atoms with Gasteiger partial charge in [0, 0.05) is 6.42 Å². The van der Waals surface area contributed by atoms with E-state index in [4.69, 9.17) is 10.2 Å². The quantitative estimate of drug-likeness (QED) is 0.580. The van der Waals surface area contributed by atoms with E-state index in [1.165, 1.54) is 12.2 Å². The first-order valence-electron chi connectivity index (χ1n) is 4.06. The molecule has 3 N–H and O–H groups in total. The third-order valence-electron chi connectivity index (χ3n) is 1.87. The number of rotatable bonds is 3. The van der Waals surface area contributed by atoms with Crippen LogP contribution in [0.15, 0.2) is 23.8 Å². The fourth-order valence-corrected chi connectivity index (χ4v) is 1.13. The smallest absolute Gasteiger partial charge is 0.303 e. The summed E-state index contributed by atoms with van der Waals surface area (Å²) in [5, 5.41) is 26.7. The van der Waals surface area contributed by atoms with Crippen molar-refractivity contribution in [3.63, 3.8) is 0 Å². The first-order chi connectivity index (χ1) is 6.09. The van der Waals surface area contributed by atoms with Crippen molar-refractivity contribution in [3.05, 3.63) is 23.8 Å². The molecule has 1 aliphatic carbocycles. The van der Waals surface area contributed by atoms with Crippen LogP contribution >= 0.6 is 0 Å². The maximum Gasteiger partial charge on any atom is 0.303 e. The summed E-state index contributed by atoms with van der Waals surface area (Å²) < 4.78 is 0. The molecule has 0 aromatic heterocycles. The highest BCUT2D eigenvalue weighted by Crippen LogP contribution is 2.15. The van der Waals surface area contributed by atoms with Crippen molar-refractivity contribution in [3.8, 4) is 0 Å². The van der Waals surface area contributed by atoms with Crippen LogP contribution in [0.4, 0.5) is 0 Å². The van der Waals surface area contributed by atoms with Gasteiger partial charge in [0.2, 0.25) is 0 Å². The van der Waals surface area contributed by atoms with E-state index in [1.54, 1.807) is 6.08 Å². The van der Waals surface area contributed by atoms with Gasteiger partial charge >= 0.3 is 5.97 Å². The molecule has 2 atom stereocenters. The van der Waals surface area contributed by atoms with Crippen LogP contribution in [-0.2, 0) is 4.79 Å². The first-order valence-corrected chi connectivity index (χ1v) is 4.06. The Labute approximate surface area is 75.8 Å². The largest absolute Gasteiger partial charge is 0.481 e.